The molecule has 0 spiro atoms. The Hall–Kier alpha value is 0.0600. The van der Waals surface area contributed by atoms with E-state index in [0.717, 1.165) is 4.88 Å². The first-order valence-corrected chi connectivity index (χ1v) is 7.23. The predicted octanol–water partition coefficient (Wildman–Crippen LogP) is 2.49. The van der Waals surface area contributed by atoms with Crippen molar-refractivity contribution in [2.24, 2.45) is 0 Å². The SMILES string of the molecule is CC(C)(C)[S@](=O)N[C@@H](CO)c1ccc(Cl)s1. The van der Waals surface area contributed by atoms with Gasteiger partial charge in [-0.1, -0.05) is 11.6 Å². The summed E-state index contributed by atoms with van der Waals surface area (Å²) in [6, 6.07) is 3.28. The average Bonchev–Trinajstić information content (AvgIpc) is 2.59. The summed E-state index contributed by atoms with van der Waals surface area (Å²) in [6.07, 6.45) is 0. The normalized spacial score (nSPS) is 16.1. The van der Waals surface area contributed by atoms with Crippen LogP contribution in [0.5, 0.6) is 0 Å². The smallest absolute Gasteiger partial charge is 0.0977 e. The second kappa shape index (κ2) is 5.60. The number of aliphatic hydroxyl groups excluding tert-OH is 1. The molecule has 0 unspecified atom stereocenters. The number of hydrogen-bond donors (Lipinski definition) is 2. The van der Waals surface area contributed by atoms with Crippen LogP contribution < -0.4 is 4.72 Å². The molecule has 6 heteroatoms. The Bertz CT molecular complexity index is 373. The maximum atomic E-state index is 11.9. The zero-order valence-corrected chi connectivity index (χ0v) is 11.9. The highest BCUT2D eigenvalue weighted by molar-refractivity contribution is 7.84. The van der Waals surface area contributed by atoms with E-state index in [1.807, 2.05) is 26.8 Å². The van der Waals surface area contributed by atoms with E-state index in [1.165, 1.54) is 11.3 Å². The summed E-state index contributed by atoms with van der Waals surface area (Å²) >= 11 is 7.20. The van der Waals surface area contributed by atoms with Crippen LogP contribution in [0.2, 0.25) is 4.34 Å². The molecule has 0 fully saturated rings. The molecule has 0 saturated heterocycles. The number of rotatable bonds is 4. The van der Waals surface area contributed by atoms with Gasteiger partial charge in [0.05, 0.1) is 32.7 Å². The molecule has 0 radical (unpaired) electrons. The molecule has 0 aliphatic rings. The van der Waals surface area contributed by atoms with Crippen LogP contribution in [0.3, 0.4) is 0 Å². The third kappa shape index (κ3) is 3.82. The van der Waals surface area contributed by atoms with Gasteiger partial charge in [-0.05, 0) is 32.9 Å². The molecule has 1 aromatic heterocycles. The van der Waals surface area contributed by atoms with Crippen LogP contribution in [0.1, 0.15) is 31.7 Å². The van der Waals surface area contributed by atoms with Crippen molar-refractivity contribution >= 4 is 33.9 Å². The van der Waals surface area contributed by atoms with Crippen LogP contribution in [0, 0.1) is 0 Å². The molecule has 0 aliphatic carbocycles. The van der Waals surface area contributed by atoms with E-state index in [0.29, 0.717) is 4.34 Å². The van der Waals surface area contributed by atoms with Gasteiger partial charge in [0.15, 0.2) is 0 Å². The van der Waals surface area contributed by atoms with Gasteiger partial charge < -0.3 is 5.11 Å². The molecular formula is C10H16ClNO2S2. The van der Waals surface area contributed by atoms with Crippen LogP contribution in [0.25, 0.3) is 0 Å². The summed E-state index contributed by atoms with van der Waals surface area (Å²) in [7, 11) is -1.20. The minimum atomic E-state index is -1.20. The van der Waals surface area contributed by atoms with Gasteiger partial charge in [0.2, 0.25) is 0 Å². The van der Waals surface area contributed by atoms with E-state index in [-0.39, 0.29) is 17.4 Å². The topological polar surface area (TPSA) is 49.3 Å². The lowest BCUT2D eigenvalue weighted by molar-refractivity contribution is 0.261. The van der Waals surface area contributed by atoms with Crippen molar-refractivity contribution < 1.29 is 9.32 Å². The van der Waals surface area contributed by atoms with E-state index < -0.39 is 11.0 Å². The van der Waals surface area contributed by atoms with Crippen molar-refractivity contribution in [1.82, 2.24) is 4.72 Å². The maximum Gasteiger partial charge on any atom is 0.0977 e. The zero-order valence-electron chi connectivity index (χ0n) is 9.49. The first-order valence-electron chi connectivity index (χ1n) is 4.88. The van der Waals surface area contributed by atoms with Crippen LogP contribution in [0.15, 0.2) is 12.1 Å². The molecule has 2 atom stereocenters. The van der Waals surface area contributed by atoms with Crippen LogP contribution in [-0.2, 0) is 11.0 Å². The van der Waals surface area contributed by atoms with E-state index in [9.17, 15) is 9.32 Å². The van der Waals surface area contributed by atoms with Gasteiger partial charge >= 0.3 is 0 Å². The predicted molar refractivity (Wildman–Crippen MR) is 70.2 cm³/mol. The van der Waals surface area contributed by atoms with Crippen LogP contribution >= 0.6 is 22.9 Å². The largest absolute Gasteiger partial charge is 0.394 e. The standard InChI is InChI=1S/C10H16ClNO2S2/c1-10(2,3)16(14)12-7(6-13)8-4-5-9(11)15-8/h4-5,7,12-13H,6H2,1-3H3/t7-,16-/m0/s1. The lowest BCUT2D eigenvalue weighted by Crippen LogP contribution is -2.36. The van der Waals surface area contributed by atoms with Crippen molar-refractivity contribution in [3.05, 3.63) is 21.3 Å². The van der Waals surface area contributed by atoms with Gasteiger partial charge in [-0.2, -0.15) is 0 Å². The Morgan fingerprint density at radius 3 is 2.56 bits per heavy atom. The molecule has 92 valence electrons. The fraction of sp³-hybridized carbons (Fsp3) is 0.600. The number of halogens is 1. The lowest BCUT2D eigenvalue weighted by atomic mass is 10.3. The van der Waals surface area contributed by atoms with Gasteiger partial charge in [-0.25, -0.2) is 8.93 Å². The maximum absolute atomic E-state index is 11.9. The first kappa shape index (κ1) is 14.1. The molecule has 2 N–H and O–H groups in total. The van der Waals surface area contributed by atoms with Crippen LogP contribution in [-0.4, -0.2) is 20.7 Å². The van der Waals surface area contributed by atoms with E-state index in [4.69, 9.17) is 11.6 Å². The molecule has 0 amide bonds. The van der Waals surface area contributed by atoms with Gasteiger partial charge in [0.1, 0.15) is 0 Å². The molecule has 1 rings (SSSR count). The fourth-order valence-electron chi connectivity index (χ4n) is 1.01. The number of nitrogens with one attached hydrogen (secondary N) is 1. The molecule has 1 heterocycles. The quantitative estimate of drug-likeness (QED) is 0.891. The highest BCUT2D eigenvalue weighted by Crippen LogP contribution is 2.27. The molecule has 16 heavy (non-hydrogen) atoms. The van der Waals surface area contributed by atoms with Gasteiger partial charge in [-0.3, -0.25) is 0 Å². The van der Waals surface area contributed by atoms with Crippen LogP contribution in [0.4, 0.5) is 0 Å². The Kier molecular flexibility index (Phi) is 4.94. The third-order valence-corrected chi connectivity index (χ3v) is 4.88. The summed E-state index contributed by atoms with van der Waals surface area (Å²) < 4.78 is 15.1. The molecule has 0 aliphatic heterocycles. The van der Waals surface area contributed by atoms with Gasteiger partial charge in [0.25, 0.3) is 0 Å². The number of hydrogen-bond acceptors (Lipinski definition) is 3. The highest BCUT2D eigenvalue weighted by atomic mass is 35.5. The molecule has 3 nitrogen and oxygen atoms in total. The lowest BCUT2D eigenvalue weighted by Gasteiger charge is -2.22. The Morgan fingerprint density at radius 2 is 2.19 bits per heavy atom. The van der Waals surface area contributed by atoms with Gasteiger partial charge in [0, 0.05) is 4.88 Å². The average molecular weight is 282 g/mol. The summed E-state index contributed by atoms with van der Waals surface area (Å²) in [5.41, 5.74) is 0. The molecule has 0 bridgehead atoms. The van der Waals surface area contributed by atoms with Crippen molar-refractivity contribution in [3.63, 3.8) is 0 Å². The number of thiophene rings is 1. The Morgan fingerprint density at radius 1 is 1.56 bits per heavy atom. The highest BCUT2D eigenvalue weighted by Gasteiger charge is 2.23. The van der Waals surface area contributed by atoms with Gasteiger partial charge in [-0.15, -0.1) is 11.3 Å². The Labute approximate surface area is 107 Å². The fourth-order valence-corrected chi connectivity index (χ4v) is 3.00. The summed E-state index contributed by atoms with van der Waals surface area (Å²) in [6.45, 7) is 5.54. The molecule has 1 aromatic rings. The molecule has 0 aromatic carbocycles. The molecular weight excluding hydrogens is 266 g/mol. The monoisotopic (exact) mass is 281 g/mol. The summed E-state index contributed by atoms with van der Waals surface area (Å²) in [4.78, 5) is 0.894. The molecule has 0 saturated carbocycles. The summed E-state index contributed by atoms with van der Waals surface area (Å²) in [5, 5.41) is 9.27. The minimum Gasteiger partial charge on any atom is -0.394 e. The second-order valence-corrected chi connectivity index (χ2v) is 8.12. The Balaban J connectivity index is 2.74. The number of aliphatic hydroxyl groups is 1. The first-order chi connectivity index (χ1) is 7.34. The van der Waals surface area contributed by atoms with Crippen molar-refractivity contribution in [2.45, 2.75) is 31.6 Å². The van der Waals surface area contributed by atoms with E-state index in [1.54, 1.807) is 6.07 Å². The second-order valence-electron chi connectivity index (χ2n) is 4.38. The van der Waals surface area contributed by atoms with Crippen molar-refractivity contribution in [1.29, 1.82) is 0 Å². The third-order valence-electron chi connectivity index (χ3n) is 1.93. The summed E-state index contributed by atoms with van der Waals surface area (Å²) in [5.74, 6) is 0. The minimum absolute atomic E-state index is 0.0985. The van der Waals surface area contributed by atoms with E-state index in [2.05, 4.69) is 4.72 Å². The van der Waals surface area contributed by atoms with E-state index >= 15 is 0 Å². The van der Waals surface area contributed by atoms with Crippen molar-refractivity contribution in [2.75, 3.05) is 6.61 Å². The van der Waals surface area contributed by atoms with Crippen molar-refractivity contribution in [3.8, 4) is 0 Å². The zero-order chi connectivity index (χ0) is 12.3.